The van der Waals surface area contributed by atoms with Crippen LogP contribution in [0.15, 0.2) is 48.5 Å². The molecule has 2 aromatic carbocycles. The number of carbonyl (C=O) groups is 1. The summed E-state index contributed by atoms with van der Waals surface area (Å²) in [5.74, 6) is -0.254. The smallest absolute Gasteiger partial charge is 0.410 e. The van der Waals surface area contributed by atoms with E-state index in [1.807, 2.05) is 31.2 Å². The third kappa shape index (κ3) is 4.02. The first kappa shape index (κ1) is 17.9. The van der Waals surface area contributed by atoms with Crippen molar-refractivity contribution in [3.05, 3.63) is 59.9 Å². The standard InChI is InChI=1S/C21H21FN2O2/c1-15(24-14-12-20(3-2-13-23)26-21(24)25)16-4-6-17(7-5-16)18-8-10-19(22)11-9-18/h4-11,15,20H,2-3,12,14H2,1H3. The van der Waals surface area contributed by atoms with Crippen LogP contribution in [0.5, 0.6) is 0 Å². The molecule has 1 fully saturated rings. The van der Waals surface area contributed by atoms with Crippen LogP contribution in [-0.4, -0.2) is 23.6 Å². The Balaban J connectivity index is 1.66. The molecule has 2 atom stereocenters. The molecule has 0 radical (unpaired) electrons. The van der Waals surface area contributed by atoms with Crippen molar-refractivity contribution in [2.75, 3.05) is 6.54 Å². The van der Waals surface area contributed by atoms with Gasteiger partial charge in [-0.15, -0.1) is 0 Å². The second-order valence-electron chi connectivity index (χ2n) is 6.49. The highest BCUT2D eigenvalue weighted by atomic mass is 19.1. The second-order valence-corrected chi connectivity index (χ2v) is 6.49. The van der Waals surface area contributed by atoms with E-state index < -0.39 is 0 Å². The van der Waals surface area contributed by atoms with Gasteiger partial charge < -0.3 is 9.64 Å². The molecule has 4 nitrogen and oxygen atoms in total. The fourth-order valence-electron chi connectivity index (χ4n) is 3.20. The molecule has 134 valence electrons. The van der Waals surface area contributed by atoms with E-state index in [0.29, 0.717) is 19.4 Å². The van der Waals surface area contributed by atoms with Gasteiger partial charge in [0.2, 0.25) is 0 Å². The molecule has 1 amide bonds. The first-order valence-electron chi connectivity index (χ1n) is 8.78. The highest BCUT2D eigenvalue weighted by molar-refractivity contribution is 5.69. The molecule has 2 unspecified atom stereocenters. The van der Waals surface area contributed by atoms with E-state index in [-0.39, 0.29) is 24.1 Å². The Morgan fingerprint density at radius 2 is 1.81 bits per heavy atom. The Hall–Kier alpha value is -2.87. The molecule has 1 heterocycles. The molecule has 0 N–H and O–H groups in total. The molecule has 5 heteroatoms. The van der Waals surface area contributed by atoms with E-state index in [0.717, 1.165) is 23.1 Å². The van der Waals surface area contributed by atoms with Crippen LogP contribution in [0.25, 0.3) is 11.1 Å². The predicted octanol–water partition coefficient (Wildman–Crippen LogP) is 5.07. The monoisotopic (exact) mass is 352 g/mol. The summed E-state index contributed by atoms with van der Waals surface area (Å²) in [6.07, 6.45) is 1.25. The predicted molar refractivity (Wildman–Crippen MR) is 96.7 cm³/mol. The number of hydrogen-bond acceptors (Lipinski definition) is 3. The van der Waals surface area contributed by atoms with Crippen molar-refractivity contribution < 1.29 is 13.9 Å². The van der Waals surface area contributed by atoms with Crippen LogP contribution in [0.4, 0.5) is 9.18 Å². The maximum absolute atomic E-state index is 13.0. The minimum absolute atomic E-state index is 0.0957. The molecule has 1 saturated heterocycles. The van der Waals surface area contributed by atoms with Crippen molar-refractivity contribution in [1.82, 2.24) is 4.90 Å². The van der Waals surface area contributed by atoms with Crippen LogP contribution in [0.1, 0.15) is 37.8 Å². The number of amides is 1. The number of rotatable bonds is 5. The summed E-state index contributed by atoms with van der Waals surface area (Å²) in [6, 6.07) is 16.3. The number of ether oxygens (including phenoxy) is 1. The SMILES string of the molecule is CC(c1ccc(-c2ccc(F)cc2)cc1)N1CCC(CCC#N)OC1=O. The van der Waals surface area contributed by atoms with Crippen LogP contribution < -0.4 is 0 Å². The molecule has 0 aromatic heterocycles. The van der Waals surface area contributed by atoms with E-state index in [9.17, 15) is 9.18 Å². The average Bonchev–Trinajstić information content (AvgIpc) is 2.67. The highest BCUT2D eigenvalue weighted by Crippen LogP contribution is 2.28. The number of benzene rings is 2. The molecular formula is C21H21FN2O2. The summed E-state index contributed by atoms with van der Waals surface area (Å²) in [6.45, 7) is 2.60. The third-order valence-electron chi connectivity index (χ3n) is 4.81. The Bertz CT molecular complexity index is 796. The molecule has 0 spiro atoms. The summed E-state index contributed by atoms with van der Waals surface area (Å²) in [4.78, 5) is 14.0. The van der Waals surface area contributed by atoms with Crippen LogP contribution in [-0.2, 0) is 4.74 Å². The Morgan fingerprint density at radius 1 is 1.19 bits per heavy atom. The molecule has 0 saturated carbocycles. The topological polar surface area (TPSA) is 53.3 Å². The molecule has 2 aromatic rings. The van der Waals surface area contributed by atoms with Crippen LogP contribution in [0, 0.1) is 17.1 Å². The van der Waals surface area contributed by atoms with Gasteiger partial charge in [-0.05, 0) is 42.2 Å². The summed E-state index contributed by atoms with van der Waals surface area (Å²) >= 11 is 0. The lowest BCUT2D eigenvalue weighted by molar-refractivity contribution is 0.0106. The van der Waals surface area contributed by atoms with Crippen molar-refractivity contribution in [1.29, 1.82) is 5.26 Å². The van der Waals surface area contributed by atoms with Crippen molar-refractivity contribution in [3.8, 4) is 17.2 Å². The fraction of sp³-hybridized carbons (Fsp3) is 0.333. The largest absolute Gasteiger partial charge is 0.446 e. The fourth-order valence-corrected chi connectivity index (χ4v) is 3.20. The quantitative estimate of drug-likeness (QED) is 0.755. The summed E-state index contributed by atoms with van der Waals surface area (Å²) < 4.78 is 18.5. The molecule has 3 rings (SSSR count). The lowest BCUT2D eigenvalue weighted by Crippen LogP contribution is -2.43. The Labute approximate surface area is 152 Å². The van der Waals surface area contributed by atoms with Crippen molar-refractivity contribution in [3.63, 3.8) is 0 Å². The summed E-state index contributed by atoms with van der Waals surface area (Å²) in [5, 5.41) is 8.65. The average molecular weight is 352 g/mol. The molecule has 1 aliphatic heterocycles. The Kier molecular flexibility index (Phi) is 5.52. The van der Waals surface area contributed by atoms with Gasteiger partial charge in [-0.3, -0.25) is 0 Å². The number of nitrogens with zero attached hydrogens (tertiary/aromatic N) is 2. The van der Waals surface area contributed by atoms with Gasteiger partial charge in [0.25, 0.3) is 0 Å². The van der Waals surface area contributed by atoms with Gasteiger partial charge in [-0.25, -0.2) is 9.18 Å². The van der Waals surface area contributed by atoms with E-state index in [4.69, 9.17) is 10.00 Å². The second kappa shape index (κ2) is 8.01. The normalized spacial score (nSPS) is 18.1. The minimum atomic E-state index is -0.325. The zero-order valence-electron chi connectivity index (χ0n) is 14.7. The van der Waals surface area contributed by atoms with Crippen LogP contribution in [0.3, 0.4) is 0 Å². The van der Waals surface area contributed by atoms with Gasteiger partial charge in [-0.2, -0.15) is 5.26 Å². The number of halogens is 1. The zero-order chi connectivity index (χ0) is 18.5. The van der Waals surface area contributed by atoms with Gasteiger partial charge in [0, 0.05) is 19.4 Å². The molecular weight excluding hydrogens is 331 g/mol. The maximum atomic E-state index is 13.0. The van der Waals surface area contributed by atoms with Crippen molar-refractivity contribution in [2.45, 2.75) is 38.3 Å². The minimum Gasteiger partial charge on any atom is -0.446 e. The van der Waals surface area contributed by atoms with Gasteiger partial charge in [0.15, 0.2) is 0 Å². The van der Waals surface area contributed by atoms with Gasteiger partial charge in [-0.1, -0.05) is 36.4 Å². The third-order valence-corrected chi connectivity index (χ3v) is 4.81. The summed E-state index contributed by atoms with van der Waals surface area (Å²) in [7, 11) is 0. The number of nitriles is 1. The number of carbonyl (C=O) groups excluding carboxylic acids is 1. The lowest BCUT2D eigenvalue weighted by atomic mass is 10.00. The zero-order valence-corrected chi connectivity index (χ0v) is 14.7. The number of hydrogen-bond donors (Lipinski definition) is 0. The van der Waals surface area contributed by atoms with Gasteiger partial charge in [0.1, 0.15) is 11.9 Å². The Morgan fingerprint density at radius 3 is 2.38 bits per heavy atom. The van der Waals surface area contributed by atoms with Crippen LogP contribution in [0.2, 0.25) is 0 Å². The first-order valence-corrected chi connectivity index (χ1v) is 8.78. The summed E-state index contributed by atoms with van der Waals surface area (Å²) in [5.41, 5.74) is 2.96. The van der Waals surface area contributed by atoms with Crippen molar-refractivity contribution in [2.24, 2.45) is 0 Å². The van der Waals surface area contributed by atoms with Gasteiger partial charge in [0.05, 0.1) is 12.1 Å². The van der Waals surface area contributed by atoms with E-state index in [1.54, 1.807) is 17.0 Å². The lowest BCUT2D eigenvalue weighted by Gasteiger charge is -2.35. The van der Waals surface area contributed by atoms with Crippen LogP contribution >= 0.6 is 0 Å². The molecule has 26 heavy (non-hydrogen) atoms. The highest BCUT2D eigenvalue weighted by Gasteiger charge is 2.30. The van der Waals surface area contributed by atoms with Gasteiger partial charge >= 0.3 is 6.09 Å². The molecule has 0 bridgehead atoms. The maximum Gasteiger partial charge on any atom is 0.410 e. The molecule has 1 aliphatic rings. The molecule has 0 aliphatic carbocycles. The van der Waals surface area contributed by atoms with E-state index in [1.165, 1.54) is 12.1 Å². The first-order chi connectivity index (χ1) is 12.6. The van der Waals surface area contributed by atoms with Crippen molar-refractivity contribution >= 4 is 6.09 Å². The number of cyclic esters (lactones) is 1. The van der Waals surface area contributed by atoms with E-state index in [2.05, 4.69) is 6.07 Å². The van der Waals surface area contributed by atoms with E-state index >= 15 is 0 Å².